The highest BCUT2D eigenvalue weighted by molar-refractivity contribution is 6.51. The highest BCUT2D eigenvalue weighted by Gasteiger charge is 2.23. The number of rotatable bonds is 5. The number of fused-ring (bicyclic) bond motifs is 1. The molecule has 0 saturated heterocycles. The third-order valence-electron chi connectivity index (χ3n) is 4.18. The van der Waals surface area contributed by atoms with E-state index in [0.29, 0.717) is 32.4 Å². The lowest BCUT2D eigenvalue weighted by Gasteiger charge is -2.07. The number of carbonyl (C=O) groups excluding carboxylic acids is 1. The number of ketones is 1. The highest BCUT2D eigenvalue weighted by atomic mass is 35.5. The Morgan fingerprint density at radius 3 is 2.23 bits per heavy atom. The van der Waals surface area contributed by atoms with E-state index in [0.717, 1.165) is 0 Å². The quantitative estimate of drug-likeness (QED) is 0.263. The van der Waals surface area contributed by atoms with Gasteiger partial charge in [0.15, 0.2) is 17.0 Å². The van der Waals surface area contributed by atoms with Gasteiger partial charge in [-0.05, 0) is 60.7 Å². The van der Waals surface area contributed by atoms with Crippen LogP contribution in [0.4, 0.5) is 5.69 Å². The lowest BCUT2D eigenvalue weighted by molar-refractivity contribution is 0.106. The van der Waals surface area contributed by atoms with Crippen LogP contribution in [0.2, 0.25) is 10.0 Å². The molecule has 0 fully saturated rings. The van der Waals surface area contributed by atoms with E-state index in [-0.39, 0.29) is 11.4 Å². The van der Waals surface area contributed by atoms with Crippen molar-refractivity contribution in [2.75, 3.05) is 5.43 Å². The van der Waals surface area contributed by atoms with Gasteiger partial charge < -0.3 is 4.42 Å². The van der Waals surface area contributed by atoms with Gasteiger partial charge in [0, 0.05) is 15.6 Å². The van der Waals surface area contributed by atoms with Crippen molar-refractivity contribution in [2.24, 2.45) is 5.10 Å². The summed E-state index contributed by atoms with van der Waals surface area (Å²) in [7, 11) is 0. The van der Waals surface area contributed by atoms with Gasteiger partial charge in [0.05, 0.1) is 5.69 Å². The Labute approximate surface area is 180 Å². The first-order valence-electron chi connectivity index (χ1n) is 8.81. The van der Waals surface area contributed by atoms with Gasteiger partial charge >= 0.3 is 5.63 Å². The molecule has 8 heteroatoms. The number of anilines is 1. The molecule has 1 heterocycles. The molecular weight excluding hydrogens is 425 g/mol. The minimum atomic E-state index is -0.771. The summed E-state index contributed by atoms with van der Waals surface area (Å²) in [5, 5.41) is 5.21. The Morgan fingerprint density at radius 2 is 1.53 bits per heavy atom. The van der Waals surface area contributed by atoms with Crippen molar-refractivity contribution in [3.8, 4) is 0 Å². The van der Waals surface area contributed by atoms with Gasteiger partial charge in [-0.3, -0.25) is 10.2 Å². The maximum absolute atomic E-state index is 13.2. The third-order valence-corrected chi connectivity index (χ3v) is 4.68. The summed E-state index contributed by atoms with van der Waals surface area (Å²) in [6, 6.07) is 19.7. The first-order chi connectivity index (χ1) is 14.5. The molecule has 1 N–H and O–H groups in total. The van der Waals surface area contributed by atoms with Crippen molar-refractivity contribution in [3.63, 3.8) is 0 Å². The van der Waals surface area contributed by atoms with Gasteiger partial charge in [-0.2, -0.15) is 5.10 Å². The molecule has 3 aromatic carbocycles. The number of para-hydroxylation sites is 2. The van der Waals surface area contributed by atoms with Crippen molar-refractivity contribution in [1.29, 1.82) is 0 Å². The molecule has 0 atom stereocenters. The molecule has 4 aromatic rings. The van der Waals surface area contributed by atoms with Crippen molar-refractivity contribution in [2.45, 2.75) is 0 Å². The van der Waals surface area contributed by atoms with Crippen molar-refractivity contribution in [3.05, 3.63) is 105 Å². The van der Waals surface area contributed by atoms with Gasteiger partial charge in [-0.1, -0.05) is 35.3 Å². The predicted molar refractivity (Wildman–Crippen MR) is 118 cm³/mol. The zero-order valence-electron chi connectivity index (χ0n) is 15.3. The van der Waals surface area contributed by atoms with E-state index in [1.54, 1.807) is 72.8 Å². The normalized spacial score (nSPS) is 11.5. The maximum atomic E-state index is 13.2. The summed E-state index contributed by atoms with van der Waals surface area (Å²) >= 11 is 11.8. The first kappa shape index (κ1) is 19.8. The predicted octanol–water partition coefficient (Wildman–Crippen LogP) is 5.19. The average molecular weight is 438 g/mol. The number of nitrogens with zero attached hydrogens (tertiary/aromatic N) is 2. The Balaban J connectivity index is 1.82. The van der Waals surface area contributed by atoms with Gasteiger partial charge in [0.1, 0.15) is 5.52 Å². The SMILES string of the molecule is O=C(C(=NNc1ccc(Cl)cc1)c1nc2ccccc2oc1=O)c1ccc(Cl)cc1. The zero-order valence-corrected chi connectivity index (χ0v) is 16.8. The van der Waals surface area contributed by atoms with E-state index in [1.807, 2.05) is 0 Å². The number of hydrazone groups is 1. The molecule has 0 aliphatic carbocycles. The largest absolute Gasteiger partial charge is 0.419 e. The Hall–Kier alpha value is -3.48. The number of benzene rings is 3. The van der Waals surface area contributed by atoms with Crippen LogP contribution in [0.5, 0.6) is 0 Å². The number of carbonyl (C=O) groups is 1. The summed E-state index contributed by atoms with van der Waals surface area (Å²) in [6.45, 7) is 0. The van der Waals surface area contributed by atoms with Gasteiger partial charge in [0.2, 0.25) is 5.78 Å². The Morgan fingerprint density at radius 1 is 0.900 bits per heavy atom. The van der Waals surface area contributed by atoms with Crippen LogP contribution in [-0.2, 0) is 0 Å². The van der Waals surface area contributed by atoms with Crippen LogP contribution < -0.4 is 11.1 Å². The fraction of sp³-hybridized carbons (Fsp3) is 0. The van der Waals surface area contributed by atoms with Gasteiger partial charge in [0.25, 0.3) is 0 Å². The summed E-state index contributed by atoms with van der Waals surface area (Å²) in [5.74, 6) is -0.511. The summed E-state index contributed by atoms with van der Waals surface area (Å²) < 4.78 is 5.33. The number of hydrogen-bond acceptors (Lipinski definition) is 6. The molecule has 6 nitrogen and oxygen atoms in total. The van der Waals surface area contributed by atoms with Crippen LogP contribution >= 0.6 is 23.2 Å². The summed E-state index contributed by atoms with van der Waals surface area (Å²) in [5.41, 5.74) is 3.22. The molecule has 0 amide bonds. The number of aromatic nitrogens is 1. The standard InChI is InChI=1S/C22H13Cl2N3O3/c23-14-7-5-13(6-8-14)21(28)19(27-26-16-11-9-15(24)10-12-16)20-22(29)30-18-4-2-1-3-17(18)25-20/h1-12,26H. The van der Waals surface area contributed by atoms with E-state index < -0.39 is 11.4 Å². The van der Waals surface area contributed by atoms with Crippen molar-refractivity contribution in [1.82, 2.24) is 4.98 Å². The monoisotopic (exact) mass is 437 g/mol. The number of halogens is 2. The van der Waals surface area contributed by atoms with Crippen LogP contribution in [-0.4, -0.2) is 16.5 Å². The van der Waals surface area contributed by atoms with Crippen molar-refractivity contribution >= 4 is 51.5 Å². The molecule has 0 saturated carbocycles. The van der Waals surface area contributed by atoms with Crippen LogP contribution in [0, 0.1) is 0 Å². The van der Waals surface area contributed by atoms with E-state index in [1.165, 1.54) is 0 Å². The van der Waals surface area contributed by atoms with E-state index >= 15 is 0 Å². The van der Waals surface area contributed by atoms with Crippen LogP contribution in [0.1, 0.15) is 16.1 Å². The molecule has 0 unspecified atom stereocenters. The first-order valence-corrected chi connectivity index (χ1v) is 9.56. The molecular formula is C22H13Cl2N3O3. The van der Waals surface area contributed by atoms with E-state index in [9.17, 15) is 9.59 Å². The number of hydrogen-bond donors (Lipinski definition) is 1. The fourth-order valence-corrected chi connectivity index (χ4v) is 2.95. The second kappa shape index (κ2) is 8.49. The van der Waals surface area contributed by atoms with E-state index in [4.69, 9.17) is 27.6 Å². The van der Waals surface area contributed by atoms with Crippen LogP contribution in [0.15, 0.2) is 87.1 Å². The molecule has 0 spiro atoms. The molecule has 0 aliphatic heterocycles. The molecule has 0 radical (unpaired) electrons. The average Bonchev–Trinajstić information content (AvgIpc) is 2.75. The lowest BCUT2D eigenvalue weighted by atomic mass is 10.0. The van der Waals surface area contributed by atoms with Crippen LogP contribution in [0.3, 0.4) is 0 Å². The van der Waals surface area contributed by atoms with Gasteiger partial charge in [-0.25, -0.2) is 9.78 Å². The van der Waals surface area contributed by atoms with E-state index in [2.05, 4.69) is 15.5 Å². The maximum Gasteiger partial charge on any atom is 0.364 e. The highest BCUT2D eigenvalue weighted by Crippen LogP contribution is 2.16. The zero-order chi connectivity index (χ0) is 21.1. The number of nitrogens with one attached hydrogen (secondary N) is 1. The smallest absolute Gasteiger partial charge is 0.364 e. The second-order valence-electron chi connectivity index (χ2n) is 6.23. The molecule has 0 bridgehead atoms. The lowest BCUT2D eigenvalue weighted by Crippen LogP contribution is -2.26. The minimum Gasteiger partial charge on any atom is -0.419 e. The fourth-order valence-electron chi connectivity index (χ4n) is 2.69. The Kier molecular flexibility index (Phi) is 5.61. The van der Waals surface area contributed by atoms with Crippen LogP contribution in [0.25, 0.3) is 11.1 Å². The topological polar surface area (TPSA) is 84.6 Å². The molecule has 1 aromatic heterocycles. The Bertz CT molecular complexity index is 1310. The van der Waals surface area contributed by atoms with Crippen molar-refractivity contribution < 1.29 is 9.21 Å². The molecule has 30 heavy (non-hydrogen) atoms. The molecule has 4 rings (SSSR count). The second-order valence-corrected chi connectivity index (χ2v) is 7.11. The summed E-state index contributed by atoms with van der Waals surface area (Å²) in [4.78, 5) is 30.1. The van der Waals surface area contributed by atoms with Gasteiger partial charge in [-0.15, -0.1) is 0 Å². The molecule has 0 aliphatic rings. The summed E-state index contributed by atoms with van der Waals surface area (Å²) in [6.07, 6.45) is 0. The minimum absolute atomic E-state index is 0.188. The third kappa shape index (κ3) is 4.25. The molecule has 148 valence electrons. The number of Topliss-reactive ketones (excluding diaryl/α,β-unsaturated/α-hetero) is 1.